The minimum Gasteiger partial charge on any atom is -0.481 e. The summed E-state index contributed by atoms with van der Waals surface area (Å²) < 4.78 is 40.1. The molecule has 1 aliphatic rings. The Labute approximate surface area is 179 Å². The van der Waals surface area contributed by atoms with E-state index in [9.17, 15) is 23.1 Å². The van der Waals surface area contributed by atoms with Crippen LogP contribution in [0.15, 0.2) is 42.5 Å². The first-order chi connectivity index (χ1) is 14.1. The number of likely N-dealkylation sites (tertiary alicyclic amines) is 1. The normalized spacial score (nSPS) is 17.3. The van der Waals surface area contributed by atoms with Gasteiger partial charge in [-0.3, -0.25) is 9.69 Å². The second-order valence-corrected chi connectivity index (χ2v) is 8.51. The minimum atomic E-state index is -4.47. The van der Waals surface area contributed by atoms with Crippen LogP contribution < -0.4 is 0 Å². The Morgan fingerprint density at radius 3 is 2.13 bits per heavy atom. The number of piperidine rings is 1. The predicted octanol–water partition coefficient (Wildman–Crippen LogP) is 6.37. The highest BCUT2D eigenvalue weighted by molar-refractivity contribution is 6.31. The number of benzene rings is 2. The fourth-order valence-electron chi connectivity index (χ4n) is 3.98. The molecule has 1 fully saturated rings. The summed E-state index contributed by atoms with van der Waals surface area (Å²) in [5, 5.41) is 9.55. The molecule has 162 valence electrons. The van der Waals surface area contributed by atoms with Gasteiger partial charge in [-0.2, -0.15) is 13.2 Å². The molecule has 2 aromatic carbocycles. The Bertz CT molecular complexity index is 888. The Hall–Kier alpha value is -2.05. The average molecular weight is 440 g/mol. The number of alkyl halides is 3. The van der Waals surface area contributed by atoms with E-state index >= 15 is 0 Å². The molecule has 7 heteroatoms. The van der Waals surface area contributed by atoms with Crippen LogP contribution in [0.4, 0.5) is 13.2 Å². The summed E-state index contributed by atoms with van der Waals surface area (Å²) >= 11 is 6.38. The van der Waals surface area contributed by atoms with E-state index in [0.717, 1.165) is 23.3 Å². The quantitative estimate of drug-likeness (QED) is 0.588. The van der Waals surface area contributed by atoms with Gasteiger partial charge in [0.05, 0.1) is 17.5 Å². The number of rotatable bonds is 5. The van der Waals surface area contributed by atoms with E-state index in [1.807, 2.05) is 29.2 Å². The molecule has 0 aromatic heterocycles. The smallest absolute Gasteiger partial charge is 0.416 e. The first-order valence-corrected chi connectivity index (χ1v) is 10.4. The summed E-state index contributed by atoms with van der Waals surface area (Å²) in [6, 6.07) is 10.8. The van der Waals surface area contributed by atoms with Crippen molar-refractivity contribution in [1.82, 2.24) is 4.90 Å². The topological polar surface area (TPSA) is 40.5 Å². The average Bonchev–Trinajstić information content (AvgIpc) is 2.69. The lowest BCUT2D eigenvalue weighted by molar-refractivity contribution is -0.143. The van der Waals surface area contributed by atoms with E-state index in [4.69, 9.17) is 11.6 Å². The minimum absolute atomic E-state index is 0.265. The van der Waals surface area contributed by atoms with E-state index in [1.165, 1.54) is 6.07 Å². The van der Waals surface area contributed by atoms with Crippen LogP contribution in [0.2, 0.25) is 5.02 Å². The van der Waals surface area contributed by atoms with Gasteiger partial charge < -0.3 is 5.11 Å². The van der Waals surface area contributed by atoms with Crippen LogP contribution >= 0.6 is 11.6 Å². The lowest BCUT2D eigenvalue weighted by Crippen LogP contribution is -2.39. The number of aliphatic carboxylic acids is 1. The van der Waals surface area contributed by atoms with Crippen LogP contribution in [-0.2, 0) is 11.0 Å². The van der Waals surface area contributed by atoms with Crippen LogP contribution in [0.25, 0.3) is 0 Å². The second-order valence-electron chi connectivity index (χ2n) is 8.11. The van der Waals surface area contributed by atoms with Gasteiger partial charge in [0.1, 0.15) is 0 Å². The second kappa shape index (κ2) is 8.98. The van der Waals surface area contributed by atoms with Crippen molar-refractivity contribution in [2.45, 2.75) is 44.8 Å². The Morgan fingerprint density at radius 2 is 1.63 bits per heavy atom. The molecule has 1 N–H and O–H groups in total. The number of carboxylic acids is 1. The first-order valence-electron chi connectivity index (χ1n) is 10.0. The van der Waals surface area contributed by atoms with E-state index in [2.05, 4.69) is 13.8 Å². The monoisotopic (exact) mass is 439 g/mol. The van der Waals surface area contributed by atoms with Gasteiger partial charge in [0.15, 0.2) is 0 Å². The molecule has 0 radical (unpaired) electrons. The van der Waals surface area contributed by atoms with Gasteiger partial charge in [-0.25, -0.2) is 0 Å². The summed E-state index contributed by atoms with van der Waals surface area (Å²) in [4.78, 5) is 13.3. The van der Waals surface area contributed by atoms with Crippen molar-refractivity contribution in [1.29, 1.82) is 0 Å². The number of nitrogens with zero attached hydrogens (tertiary/aromatic N) is 1. The first kappa shape index (κ1) is 22.6. The molecule has 1 aliphatic heterocycles. The standard InChI is InChI=1S/C23H25ClF3NO2/c1-14(2)15-3-5-16(6-4-15)21(28-11-9-17(10-12-28)22(29)30)19-13-18(23(25,26)27)7-8-20(19)24/h3-8,13-14,17,21H,9-12H2,1-2H3,(H,29,30). The summed E-state index contributed by atoms with van der Waals surface area (Å²) in [5.41, 5.74) is 1.62. The molecule has 0 spiro atoms. The van der Waals surface area contributed by atoms with Crippen LogP contribution in [0.5, 0.6) is 0 Å². The summed E-state index contributed by atoms with van der Waals surface area (Å²) in [7, 11) is 0. The van der Waals surface area contributed by atoms with Gasteiger partial charge in [0.25, 0.3) is 0 Å². The lowest BCUT2D eigenvalue weighted by atomic mass is 9.89. The summed E-state index contributed by atoms with van der Waals surface area (Å²) in [6.07, 6.45) is -3.57. The van der Waals surface area contributed by atoms with Gasteiger partial charge in [-0.05, 0) is 66.7 Å². The van der Waals surface area contributed by atoms with Crippen molar-refractivity contribution in [2.24, 2.45) is 5.92 Å². The molecule has 1 atom stereocenters. The van der Waals surface area contributed by atoms with Gasteiger partial charge >= 0.3 is 12.1 Å². The molecular weight excluding hydrogens is 415 g/mol. The largest absolute Gasteiger partial charge is 0.481 e. The van der Waals surface area contributed by atoms with Crippen LogP contribution in [0.3, 0.4) is 0 Å². The van der Waals surface area contributed by atoms with E-state index in [0.29, 0.717) is 37.4 Å². The van der Waals surface area contributed by atoms with Crippen LogP contribution in [-0.4, -0.2) is 29.1 Å². The Kier molecular flexibility index (Phi) is 6.78. The molecule has 0 aliphatic carbocycles. The molecule has 0 amide bonds. The van der Waals surface area contributed by atoms with E-state index in [-0.39, 0.29) is 5.02 Å². The van der Waals surface area contributed by atoms with Gasteiger partial charge in [-0.1, -0.05) is 49.7 Å². The molecule has 2 aromatic rings. The maximum Gasteiger partial charge on any atom is 0.416 e. The van der Waals surface area contributed by atoms with Crippen LogP contribution in [0, 0.1) is 5.92 Å². The third-order valence-electron chi connectivity index (χ3n) is 5.78. The summed E-state index contributed by atoms with van der Waals surface area (Å²) in [5.74, 6) is -0.923. The highest BCUT2D eigenvalue weighted by Crippen LogP contribution is 2.39. The SMILES string of the molecule is CC(C)c1ccc(C(c2cc(C(F)(F)F)ccc2Cl)N2CCC(C(=O)O)CC2)cc1. The van der Waals surface area contributed by atoms with E-state index < -0.39 is 29.7 Å². The molecule has 1 heterocycles. The number of hydrogen-bond acceptors (Lipinski definition) is 2. The van der Waals surface area contributed by atoms with Crippen molar-refractivity contribution >= 4 is 17.6 Å². The van der Waals surface area contributed by atoms with Gasteiger partial charge in [-0.15, -0.1) is 0 Å². The number of halogens is 4. The highest BCUT2D eigenvalue weighted by atomic mass is 35.5. The van der Waals surface area contributed by atoms with Crippen molar-refractivity contribution in [3.63, 3.8) is 0 Å². The zero-order chi connectivity index (χ0) is 22.1. The van der Waals surface area contributed by atoms with Gasteiger partial charge in [0, 0.05) is 5.02 Å². The Morgan fingerprint density at radius 1 is 1.07 bits per heavy atom. The molecule has 30 heavy (non-hydrogen) atoms. The molecule has 3 rings (SSSR count). The lowest BCUT2D eigenvalue weighted by Gasteiger charge is -2.37. The number of carbonyl (C=O) groups is 1. The molecule has 1 unspecified atom stereocenters. The predicted molar refractivity (Wildman–Crippen MR) is 111 cm³/mol. The number of carboxylic acid groups (broad SMARTS) is 1. The van der Waals surface area contributed by atoms with Crippen molar-refractivity contribution in [3.05, 3.63) is 69.7 Å². The molecular formula is C23H25ClF3NO2. The Balaban J connectivity index is 2.03. The molecule has 3 nitrogen and oxygen atoms in total. The van der Waals surface area contributed by atoms with Crippen molar-refractivity contribution in [2.75, 3.05) is 13.1 Å². The van der Waals surface area contributed by atoms with Crippen molar-refractivity contribution in [3.8, 4) is 0 Å². The maximum absolute atomic E-state index is 13.4. The fourth-order valence-corrected chi connectivity index (χ4v) is 4.21. The third-order valence-corrected chi connectivity index (χ3v) is 6.12. The maximum atomic E-state index is 13.4. The zero-order valence-corrected chi connectivity index (χ0v) is 17.7. The van der Waals surface area contributed by atoms with Gasteiger partial charge in [0.2, 0.25) is 0 Å². The molecule has 1 saturated heterocycles. The number of hydrogen-bond donors (Lipinski definition) is 1. The summed E-state index contributed by atoms with van der Waals surface area (Å²) in [6.45, 7) is 5.10. The highest BCUT2D eigenvalue weighted by Gasteiger charge is 2.35. The molecule has 0 bridgehead atoms. The van der Waals surface area contributed by atoms with Crippen LogP contribution in [0.1, 0.15) is 60.9 Å². The fraction of sp³-hybridized carbons (Fsp3) is 0.435. The third kappa shape index (κ3) is 4.98. The molecule has 0 saturated carbocycles. The van der Waals surface area contributed by atoms with Crippen molar-refractivity contribution < 1.29 is 23.1 Å². The zero-order valence-electron chi connectivity index (χ0n) is 16.9. The van der Waals surface area contributed by atoms with E-state index in [1.54, 1.807) is 0 Å².